The Morgan fingerprint density at radius 3 is 2.32 bits per heavy atom. The number of phenols is 1. The van der Waals surface area contributed by atoms with Gasteiger partial charge < -0.3 is 15.3 Å². The highest BCUT2D eigenvalue weighted by Gasteiger charge is 2.19. The summed E-state index contributed by atoms with van der Waals surface area (Å²) in [6, 6.07) is 10.6. The molecule has 0 unspecified atom stereocenters. The fourth-order valence-corrected chi connectivity index (χ4v) is 2.42. The highest BCUT2D eigenvalue weighted by atomic mass is 16.3. The zero-order chi connectivity index (χ0) is 18.1. The summed E-state index contributed by atoms with van der Waals surface area (Å²) in [6.07, 6.45) is 4.71. The van der Waals surface area contributed by atoms with Crippen molar-refractivity contribution in [2.45, 2.75) is 19.8 Å². The van der Waals surface area contributed by atoms with E-state index in [0.717, 1.165) is 11.1 Å². The first-order valence-corrected chi connectivity index (χ1v) is 8.34. The van der Waals surface area contributed by atoms with E-state index in [-0.39, 0.29) is 5.75 Å². The Hall–Kier alpha value is -2.89. The Balaban J connectivity index is 1.78. The van der Waals surface area contributed by atoms with Gasteiger partial charge in [0.1, 0.15) is 5.75 Å². The maximum Gasteiger partial charge on any atom is 0.311 e. The van der Waals surface area contributed by atoms with Crippen molar-refractivity contribution in [1.82, 2.24) is 15.2 Å². The van der Waals surface area contributed by atoms with E-state index < -0.39 is 11.8 Å². The third-order valence-electron chi connectivity index (χ3n) is 3.92. The molecule has 1 heterocycles. The normalized spacial score (nSPS) is 10.3. The van der Waals surface area contributed by atoms with Crippen LogP contribution in [0, 0.1) is 0 Å². The molecular formula is C19H23N3O3. The minimum absolute atomic E-state index is 0.204. The molecule has 0 bridgehead atoms. The number of nitrogens with one attached hydrogen (secondary N) is 1. The Labute approximate surface area is 147 Å². The van der Waals surface area contributed by atoms with Crippen LogP contribution in [0.3, 0.4) is 0 Å². The van der Waals surface area contributed by atoms with Gasteiger partial charge in [-0.15, -0.1) is 0 Å². The maximum atomic E-state index is 12.3. The molecule has 6 heteroatoms. The van der Waals surface area contributed by atoms with Gasteiger partial charge in [0.2, 0.25) is 0 Å². The van der Waals surface area contributed by atoms with Crippen LogP contribution < -0.4 is 5.32 Å². The van der Waals surface area contributed by atoms with Gasteiger partial charge in [0.15, 0.2) is 0 Å². The number of amides is 2. The number of benzene rings is 1. The van der Waals surface area contributed by atoms with E-state index >= 15 is 0 Å². The molecule has 0 radical (unpaired) electrons. The molecule has 2 aromatic rings. The number of hydrogen-bond donors (Lipinski definition) is 2. The fraction of sp³-hybridized carbons (Fsp3) is 0.316. The zero-order valence-electron chi connectivity index (χ0n) is 14.3. The molecule has 1 aromatic heterocycles. The van der Waals surface area contributed by atoms with Gasteiger partial charge in [0, 0.05) is 32.0 Å². The Bertz CT molecular complexity index is 687. The molecule has 0 atom stereocenters. The average molecular weight is 341 g/mol. The lowest BCUT2D eigenvalue weighted by molar-refractivity contribution is -0.145. The predicted octanol–water partition coefficient (Wildman–Crippen LogP) is 1.54. The van der Waals surface area contributed by atoms with E-state index in [1.807, 2.05) is 19.1 Å². The maximum absolute atomic E-state index is 12.3. The molecular weight excluding hydrogens is 318 g/mol. The monoisotopic (exact) mass is 341 g/mol. The molecule has 25 heavy (non-hydrogen) atoms. The van der Waals surface area contributed by atoms with Gasteiger partial charge in [0.05, 0.1) is 0 Å². The summed E-state index contributed by atoms with van der Waals surface area (Å²) >= 11 is 0. The molecule has 0 spiro atoms. The molecule has 132 valence electrons. The van der Waals surface area contributed by atoms with Crippen molar-refractivity contribution in [1.29, 1.82) is 0 Å². The first-order chi connectivity index (χ1) is 12.1. The SMILES string of the molecule is CCN(CCc1ccncc1)C(=O)C(=O)NCCc1ccc(O)cc1. The number of aromatic hydroxyl groups is 1. The number of carbonyl (C=O) groups excluding carboxylic acids is 2. The van der Waals surface area contributed by atoms with Crippen molar-refractivity contribution < 1.29 is 14.7 Å². The van der Waals surface area contributed by atoms with Crippen LogP contribution in [0.15, 0.2) is 48.8 Å². The number of phenolic OH excluding ortho intramolecular Hbond substituents is 1. The number of hydrogen-bond acceptors (Lipinski definition) is 4. The van der Waals surface area contributed by atoms with Crippen molar-refractivity contribution in [2.24, 2.45) is 0 Å². The molecule has 2 rings (SSSR count). The summed E-state index contributed by atoms with van der Waals surface area (Å²) in [5.41, 5.74) is 2.06. The molecule has 0 aliphatic carbocycles. The van der Waals surface area contributed by atoms with Crippen LogP contribution in [0.4, 0.5) is 0 Å². The van der Waals surface area contributed by atoms with Gasteiger partial charge in [-0.1, -0.05) is 12.1 Å². The highest BCUT2D eigenvalue weighted by Crippen LogP contribution is 2.09. The first kappa shape index (κ1) is 18.4. The van der Waals surface area contributed by atoms with Crippen LogP contribution >= 0.6 is 0 Å². The number of carbonyl (C=O) groups is 2. The second-order valence-electron chi connectivity index (χ2n) is 5.66. The van der Waals surface area contributed by atoms with Crippen molar-refractivity contribution in [3.8, 4) is 5.75 Å². The van der Waals surface area contributed by atoms with E-state index in [0.29, 0.717) is 32.5 Å². The molecule has 2 amide bonds. The van der Waals surface area contributed by atoms with Crippen molar-refractivity contribution >= 4 is 11.8 Å². The topological polar surface area (TPSA) is 82.5 Å². The second kappa shape index (κ2) is 9.42. The van der Waals surface area contributed by atoms with Crippen LogP contribution in [0.5, 0.6) is 5.75 Å². The molecule has 0 aliphatic heterocycles. The molecule has 2 N–H and O–H groups in total. The van der Waals surface area contributed by atoms with Gasteiger partial charge >= 0.3 is 11.8 Å². The second-order valence-corrected chi connectivity index (χ2v) is 5.66. The fourth-order valence-electron chi connectivity index (χ4n) is 2.42. The van der Waals surface area contributed by atoms with Gasteiger partial charge in [0.25, 0.3) is 0 Å². The zero-order valence-corrected chi connectivity index (χ0v) is 14.3. The quantitative estimate of drug-likeness (QED) is 0.749. The lowest BCUT2D eigenvalue weighted by Crippen LogP contribution is -2.44. The van der Waals surface area contributed by atoms with Crippen LogP contribution in [-0.4, -0.2) is 46.4 Å². The molecule has 0 aliphatic rings. The highest BCUT2D eigenvalue weighted by molar-refractivity contribution is 6.35. The van der Waals surface area contributed by atoms with Crippen molar-refractivity contribution in [2.75, 3.05) is 19.6 Å². The summed E-state index contributed by atoms with van der Waals surface area (Å²) in [6.45, 7) is 3.20. The summed E-state index contributed by atoms with van der Waals surface area (Å²) in [5, 5.41) is 11.9. The Morgan fingerprint density at radius 2 is 1.68 bits per heavy atom. The predicted molar refractivity (Wildman–Crippen MR) is 95.0 cm³/mol. The third kappa shape index (κ3) is 5.91. The van der Waals surface area contributed by atoms with E-state index in [1.54, 1.807) is 36.7 Å². The molecule has 0 saturated heterocycles. The smallest absolute Gasteiger partial charge is 0.311 e. The van der Waals surface area contributed by atoms with E-state index in [2.05, 4.69) is 10.3 Å². The van der Waals surface area contributed by atoms with Crippen LogP contribution in [0.1, 0.15) is 18.1 Å². The summed E-state index contributed by atoms with van der Waals surface area (Å²) in [5.74, 6) is -0.895. The minimum Gasteiger partial charge on any atom is -0.508 e. The minimum atomic E-state index is -0.588. The summed E-state index contributed by atoms with van der Waals surface area (Å²) < 4.78 is 0. The van der Waals surface area contributed by atoms with Crippen LogP contribution in [0.25, 0.3) is 0 Å². The molecule has 1 aromatic carbocycles. The lowest BCUT2D eigenvalue weighted by atomic mass is 10.1. The largest absolute Gasteiger partial charge is 0.508 e. The number of likely N-dealkylation sites (N-methyl/N-ethyl adjacent to an activating group) is 1. The van der Waals surface area contributed by atoms with E-state index in [9.17, 15) is 14.7 Å². The van der Waals surface area contributed by atoms with Gasteiger partial charge in [-0.25, -0.2) is 0 Å². The van der Waals surface area contributed by atoms with Crippen molar-refractivity contribution in [3.63, 3.8) is 0 Å². The summed E-state index contributed by atoms with van der Waals surface area (Å²) in [7, 11) is 0. The van der Waals surface area contributed by atoms with Gasteiger partial charge in [-0.05, 0) is 55.2 Å². The number of rotatable bonds is 7. The molecule has 6 nitrogen and oxygen atoms in total. The number of nitrogens with zero attached hydrogens (tertiary/aromatic N) is 2. The third-order valence-corrected chi connectivity index (χ3v) is 3.92. The van der Waals surface area contributed by atoms with Gasteiger partial charge in [-0.3, -0.25) is 14.6 Å². The molecule has 0 saturated carbocycles. The number of aromatic nitrogens is 1. The Kier molecular flexibility index (Phi) is 6.95. The lowest BCUT2D eigenvalue weighted by Gasteiger charge is -2.20. The van der Waals surface area contributed by atoms with Crippen LogP contribution in [-0.2, 0) is 22.4 Å². The average Bonchev–Trinajstić information content (AvgIpc) is 2.64. The van der Waals surface area contributed by atoms with Crippen LogP contribution in [0.2, 0.25) is 0 Å². The summed E-state index contributed by atoms with van der Waals surface area (Å²) in [4.78, 5) is 29.8. The Morgan fingerprint density at radius 1 is 1.04 bits per heavy atom. The van der Waals surface area contributed by atoms with Gasteiger partial charge in [-0.2, -0.15) is 0 Å². The first-order valence-electron chi connectivity index (χ1n) is 8.34. The number of pyridine rings is 1. The van der Waals surface area contributed by atoms with E-state index in [4.69, 9.17) is 0 Å². The molecule has 0 fully saturated rings. The van der Waals surface area contributed by atoms with E-state index in [1.165, 1.54) is 4.90 Å². The van der Waals surface area contributed by atoms with Crippen molar-refractivity contribution in [3.05, 3.63) is 59.9 Å². The standard InChI is InChI=1S/C19H23N3O3/c1-2-22(14-10-16-7-11-20-12-8-16)19(25)18(24)21-13-9-15-3-5-17(23)6-4-15/h3-8,11-12,23H,2,9-10,13-14H2,1H3,(H,21,24).